The van der Waals surface area contributed by atoms with Crippen LogP contribution in [0.2, 0.25) is 0 Å². The third-order valence-corrected chi connectivity index (χ3v) is 6.65. The molecule has 40 heavy (non-hydrogen) atoms. The van der Waals surface area contributed by atoms with Crippen molar-refractivity contribution in [2.45, 2.75) is 6.92 Å². The standard InChI is InChI=1S/C30H34N8O2/c1-8-28(39)33-24-15-25(27(40-7)16-26(24)37(5)12-11-36(3)4)35-30-32-10-9-23(34-30)20-13-21(17-31)29-22(14-20)19(2)18-38(29)6/h8-10,13-16,18H,1,11-12H2,2-7H3,(H,33,39)(H,32,34,35). The highest BCUT2D eigenvalue weighted by molar-refractivity contribution is 6.02. The molecule has 0 atom stereocenters. The van der Waals surface area contributed by atoms with E-state index in [9.17, 15) is 10.1 Å². The lowest BCUT2D eigenvalue weighted by Crippen LogP contribution is -2.29. The van der Waals surface area contributed by atoms with Crippen LogP contribution < -0.4 is 20.3 Å². The van der Waals surface area contributed by atoms with Crippen molar-refractivity contribution in [1.29, 1.82) is 5.26 Å². The number of nitrogens with zero attached hydrogens (tertiary/aromatic N) is 6. The second kappa shape index (κ2) is 11.9. The molecule has 0 aliphatic rings. The Bertz CT molecular complexity index is 1620. The number of hydrogen-bond donors (Lipinski definition) is 2. The van der Waals surface area contributed by atoms with E-state index in [-0.39, 0.29) is 5.91 Å². The van der Waals surface area contributed by atoms with E-state index in [4.69, 9.17) is 9.72 Å². The monoisotopic (exact) mass is 538 g/mol. The van der Waals surface area contributed by atoms with E-state index in [0.29, 0.717) is 34.3 Å². The number of nitriles is 1. The number of hydrogen-bond acceptors (Lipinski definition) is 8. The Kier molecular flexibility index (Phi) is 8.36. The molecule has 10 heteroatoms. The van der Waals surface area contributed by atoms with E-state index < -0.39 is 0 Å². The number of methoxy groups -OCH3 is 1. The smallest absolute Gasteiger partial charge is 0.247 e. The Morgan fingerprint density at radius 1 is 1.20 bits per heavy atom. The maximum absolute atomic E-state index is 12.3. The van der Waals surface area contributed by atoms with Gasteiger partial charge < -0.3 is 29.7 Å². The number of rotatable bonds is 10. The summed E-state index contributed by atoms with van der Waals surface area (Å²) in [7, 11) is 9.51. The lowest BCUT2D eigenvalue weighted by atomic mass is 10.0. The summed E-state index contributed by atoms with van der Waals surface area (Å²) < 4.78 is 7.67. The molecule has 0 unspecified atom stereocenters. The third-order valence-electron chi connectivity index (χ3n) is 6.65. The Hall–Kier alpha value is -4.88. The number of likely N-dealkylation sites (N-methyl/N-ethyl adjacent to an activating group) is 2. The zero-order valence-corrected chi connectivity index (χ0v) is 23.7. The van der Waals surface area contributed by atoms with E-state index in [1.807, 2.05) is 70.1 Å². The van der Waals surface area contributed by atoms with Gasteiger partial charge in [-0.25, -0.2) is 9.97 Å². The molecule has 10 nitrogen and oxygen atoms in total. The van der Waals surface area contributed by atoms with Crippen LogP contribution in [-0.4, -0.2) is 66.7 Å². The summed E-state index contributed by atoms with van der Waals surface area (Å²) in [5.74, 6) is 0.579. The summed E-state index contributed by atoms with van der Waals surface area (Å²) >= 11 is 0. The largest absolute Gasteiger partial charge is 0.494 e. The second-order valence-electron chi connectivity index (χ2n) is 9.83. The highest BCUT2D eigenvalue weighted by Crippen LogP contribution is 2.38. The van der Waals surface area contributed by atoms with Gasteiger partial charge >= 0.3 is 0 Å². The van der Waals surface area contributed by atoms with Crippen LogP contribution in [0, 0.1) is 18.3 Å². The number of fused-ring (bicyclic) bond motifs is 1. The van der Waals surface area contributed by atoms with Crippen molar-refractivity contribution in [1.82, 2.24) is 19.4 Å². The van der Waals surface area contributed by atoms with Crippen molar-refractivity contribution < 1.29 is 9.53 Å². The predicted molar refractivity (Wildman–Crippen MR) is 160 cm³/mol. The number of aryl methyl sites for hydroxylation is 2. The normalized spacial score (nSPS) is 10.8. The molecule has 2 heterocycles. The Morgan fingerprint density at radius 2 is 1.98 bits per heavy atom. The maximum atomic E-state index is 12.3. The van der Waals surface area contributed by atoms with Crippen LogP contribution in [0.3, 0.4) is 0 Å². The van der Waals surface area contributed by atoms with Crippen molar-refractivity contribution in [2.75, 3.05) is 56.9 Å². The topological polar surface area (TPSA) is 111 Å². The lowest BCUT2D eigenvalue weighted by Gasteiger charge is -2.26. The highest BCUT2D eigenvalue weighted by atomic mass is 16.5. The van der Waals surface area contributed by atoms with Gasteiger partial charge in [0.2, 0.25) is 11.9 Å². The summed E-state index contributed by atoms with van der Waals surface area (Å²) in [5.41, 5.74) is 6.00. The molecule has 1 amide bonds. The fraction of sp³-hybridized carbons (Fsp3) is 0.267. The van der Waals surface area contributed by atoms with Crippen molar-refractivity contribution in [3.63, 3.8) is 0 Å². The molecule has 2 N–H and O–H groups in total. The number of carbonyl (C=O) groups is 1. The van der Waals surface area contributed by atoms with Gasteiger partial charge in [0, 0.05) is 56.6 Å². The predicted octanol–water partition coefficient (Wildman–Crippen LogP) is 4.69. The van der Waals surface area contributed by atoms with E-state index in [0.717, 1.165) is 40.8 Å². The fourth-order valence-electron chi connectivity index (χ4n) is 4.58. The SMILES string of the molecule is C=CC(=O)Nc1cc(Nc2nccc(-c3cc(C#N)c4c(c3)c(C)cn4C)n2)c(OC)cc1N(C)CCN(C)C. The van der Waals surface area contributed by atoms with Crippen LogP contribution in [-0.2, 0) is 11.8 Å². The molecule has 0 saturated heterocycles. The van der Waals surface area contributed by atoms with Gasteiger partial charge in [-0.1, -0.05) is 6.58 Å². The first kappa shape index (κ1) is 28.1. The van der Waals surface area contributed by atoms with Crippen LogP contribution >= 0.6 is 0 Å². The lowest BCUT2D eigenvalue weighted by molar-refractivity contribution is -0.111. The number of amides is 1. The summed E-state index contributed by atoms with van der Waals surface area (Å²) in [6.45, 7) is 7.17. The number of benzene rings is 2. The van der Waals surface area contributed by atoms with Gasteiger partial charge in [0.1, 0.15) is 11.8 Å². The Balaban J connectivity index is 1.73. The molecule has 2 aromatic carbocycles. The van der Waals surface area contributed by atoms with E-state index in [1.54, 1.807) is 19.4 Å². The molecular weight excluding hydrogens is 504 g/mol. The third kappa shape index (κ3) is 5.90. The molecule has 4 aromatic rings. The molecular formula is C30H34N8O2. The average molecular weight is 539 g/mol. The average Bonchev–Trinajstić information content (AvgIpc) is 3.24. The Morgan fingerprint density at radius 3 is 2.65 bits per heavy atom. The molecule has 0 bridgehead atoms. The van der Waals surface area contributed by atoms with Crippen LogP contribution in [0.15, 0.2) is 55.4 Å². The van der Waals surface area contributed by atoms with Crippen molar-refractivity contribution in [2.24, 2.45) is 7.05 Å². The van der Waals surface area contributed by atoms with Crippen LogP contribution in [0.25, 0.3) is 22.2 Å². The molecule has 0 aliphatic carbocycles. The Labute approximate surface area is 234 Å². The zero-order valence-electron chi connectivity index (χ0n) is 23.7. The van der Waals surface area contributed by atoms with Crippen molar-refractivity contribution in [3.05, 3.63) is 66.5 Å². The first-order valence-corrected chi connectivity index (χ1v) is 12.8. The van der Waals surface area contributed by atoms with Crippen LogP contribution in [0.1, 0.15) is 11.1 Å². The van der Waals surface area contributed by atoms with Crippen molar-refractivity contribution >= 4 is 39.8 Å². The zero-order chi connectivity index (χ0) is 29.0. The minimum absolute atomic E-state index is 0.323. The molecule has 4 rings (SSSR count). The number of anilines is 4. The number of aromatic nitrogens is 3. The molecule has 206 valence electrons. The number of carbonyl (C=O) groups excluding carboxylic acids is 1. The van der Waals surface area contributed by atoms with Gasteiger partial charge in [0.25, 0.3) is 0 Å². The quantitative estimate of drug-likeness (QED) is 0.280. The van der Waals surface area contributed by atoms with Gasteiger partial charge in [0.05, 0.1) is 40.9 Å². The van der Waals surface area contributed by atoms with Crippen LogP contribution in [0.4, 0.5) is 23.0 Å². The van der Waals surface area contributed by atoms with E-state index in [2.05, 4.69) is 38.1 Å². The summed E-state index contributed by atoms with van der Waals surface area (Å²) in [6.07, 6.45) is 4.90. The molecule has 0 aliphatic heterocycles. The van der Waals surface area contributed by atoms with Gasteiger partial charge in [0.15, 0.2) is 0 Å². The maximum Gasteiger partial charge on any atom is 0.247 e. The molecule has 2 aromatic heterocycles. The first-order chi connectivity index (χ1) is 19.1. The number of nitrogens with one attached hydrogen (secondary N) is 2. The number of ether oxygens (including phenoxy) is 1. The summed E-state index contributed by atoms with van der Waals surface area (Å²) in [5, 5.41) is 17.0. The van der Waals surface area contributed by atoms with Crippen molar-refractivity contribution in [3.8, 4) is 23.1 Å². The fourth-order valence-corrected chi connectivity index (χ4v) is 4.58. The molecule has 0 spiro atoms. The van der Waals surface area contributed by atoms with Gasteiger partial charge in [-0.3, -0.25) is 4.79 Å². The highest BCUT2D eigenvalue weighted by Gasteiger charge is 2.17. The molecule has 0 radical (unpaired) electrons. The van der Waals surface area contributed by atoms with Crippen LogP contribution in [0.5, 0.6) is 5.75 Å². The molecule has 0 fully saturated rings. The minimum Gasteiger partial charge on any atom is -0.494 e. The first-order valence-electron chi connectivity index (χ1n) is 12.8. The second-order valence-corrected chi connectivity index (χ2v) is 9.83. The van der Waals surface area contributed by atoms with E-state index >= 15 is 0 Å². The van der Waals surface area contributed by atoms with Gasteiger partial charge in [-0.15, -0.1) is 0 Å². The molecule has 0 saturated carbocycles. The van der Waals surface area contributed by atoms with E-state index in [1.165, 1.54) is 6.08 Å². The van der Waals surface area contributed by atoms with Gasteiger partial charge in [-0.05, 0) is 56.9 Å². The minimum atomic E-state index is -0.323. The summed E-state index contributed by atoms with van der Waals surface area (Å²) in [6, 6.07) is 11.7. The van der Waals surface area contributed by atoms with Gasteiger partial charge in [-0.2, -0.15) is 5.26 Å². The summed E-state index contributed by atoms with van der Waals surface area (Å²) in [4.78, 5) is 25.5.